The molecule has 2 N–H and O–H groups in total. The Morgan fingerprint density at radius 3 is 2.60 bits per heavy atom. The number of nitrogens with one attached hydrogen (secondary N) is 2. The number of hydrogen-bond acceptors (Lipinski definition) is 3. The Morgan fingerprint density at radius 2 is 2.05 bits per heavy atom. The van der Waals surface area contributed by atoms with Crippen molar-refractivity contribution in [2.45, 2.75) is 52.5 Å². The number of carbonyl (C=O) groups excluding carboxylic acids is 1. The van der Waals surface area contributed by atoms with E-state index in [2.05, 4.69) is 29.5 Å². The maximum Gasteiger partial charge on any atom is 0.270 e. The minimum absolute atomic E-state index is 0.0576. The molecule has 0 aromatic carbocycles. The number of nitrogens with zero attached hydrogens (tertiary/aromatic N) is 1. The molecule has 110 valence electrons. The quantitative estimate of drug-likeness (QED) is 0.887. The molecule has 1 fully saturated rings. The zero-order valence-electron chi connectivity index (χ0n) is 12.7. The number of pyridine rings is 1. The summed E-state index contributed by atoms with van der Waals surface area (Å²) in [6, 6.07) is 3.97. The van der Waals surface area contributed by atoms with E-state index in [9.17, 15) is 4.79 Å². The molecule has 0 bridgehead atoms. The number of carbonyl (C=O) groups is 1. The summed E-state index contributed by atoms with van der Waals surface area (Å²) < 4.78 is 0. The Morgan fingerprint density at radius 1 is 1.35 bits per heavy atom. The maximum atomic E-state index is 12.1. The highest BCUT2D eigenvalue weighted by Gasteiger charge is 2.27. The van der Waals surface area contributed by atoms with Gasteiger partial charge < -0.3 is 10.6 Å². The fourth-order valence-electron chi connectivity index (χ4n) is 2.64. The van der Waals surface area contributed by atoms with Gasteiger partial charge in [-0.05, 0) is 50.2 Å². The second kappa shape index (κ2) is 6.25. The van der Waals surface area contributed by atoms with Crippen LogP contribution in [0.15, 0.2) is 18.3 Å². The highest BCUT2D eigenvalue weighted by molar-refractivity contribution is 5.92. The molecule has 0 atom stereocenters. The van der Waals surface area contributed by atoms with Crippen LogP contribution in [0.3, 0.4) is 0 Å². The number of hydrogen-bond donors (Lipinski definition) is 2. The molecule has 4 nitrogen and oxygen atoms in total. The molecule has 0 radical (unpaired) electrons. The van der Waals surface area contributed by atoms with Crippen molar-refractivity contribution < 1.29 is 4.79 Å². The average molecular weight is 275 g/mol. The first-order valence-electron chi connectivity index (χ1n) is 7.51. The van der Waals surface area contributed by atoms with Gasteiger partial charge in [0.15, 0.2) is 0 Å². The third kappa shape index (κ3) is 3.95. The first-order chi connectivity index (χ1) is 9.50. The van der Waals surface area contributed by atoms with Crippen LogP contribution in [0.25, 0.3) is 0 Å². The first kappa shape index (κ1) is 14.8. The Balaban J connectivity index is 1.88. The molecule has 1 aliphatic rings. The Kier molecular flexibility index (Phi) is 4.63. The van der Waals surface area contributed by atoms with E-state index in [1.165, 1.54) is 12.8 Å². The molecule has 0 aliphatic heterocycles. The van der Waals surface area contributed by atoms with Gasteiger partial charge in [0, 0.05) is 12.6 Å². The van der Waals surface area contributed by atoms with Gasteiger partial charge in [-0.25, -0.2) is 4.98 Å². The monoisotopic (exact) mass is 275 g/mol. The lowest BCUT2D eigenvalue weighted by Gasteiger charge is -2.34. The summed E-state index contributed by atoms with van der Waals surface area (Å²) in [5, 5.41) is 6.27. The minimum atomic E-state index is -0.0576. The third-order valence-corrected chi connectivity index (χ3v) is 4.05. The van der Waals surface area contributed by atoms with E-state index in [0.29, 0.717) is 17.2 Å². The van der Waals surface area contributed by atoms with Crippen LogP contribution in [0.4, 0.5) is 5.69 Å². The second-order valence-corrected chi connectivity index (χ2v) is 6.37. The molecular formula is C16H25N3O. The summed E-state index contributed by atoms with van der Waals surface area (Å²) in [7, 11) is 0. The van der Waals surface area contributed by atoms with Crippen molar-refractivity contribution in [2.24, 2.45) is 5.41 Å². The molecule has 1 amide bonds. The van der Waals surface area contributed by atoms with E-state index < -0.39 is 0 Å². The lowest BCUT2D eigenvalue weighted by Crippen LogP contribution is -2.39. The highest BCUT2D eigenvalue weighted by atomic mass is 16.1. The van der Waals surface area contributed by atoms with Crippen LogP contribution in [0.1, 0.15) is 56.9 Å². The molecular weight excluding hydrogens is 250 g/mol. The lowest BCUT2D eigenvalue weighted by molar-refractivity contribution is 0.0904. The van der Waals surface area contributed by atoms with Crippen LogP contribution in [0.5, 0.6) is 0 Å². The first-order valence-corrected chi connectivity index (χ1v) is 7.51. The van der Waals surface area contributed by atoms with Gasteiger partial charge in [0.1, 0.15) is 5.69 Å². The van der Waals surface area contributed by atoms with Crippen molar-refractivity contribution in [3.63, 3.8) is 0 Å². The Labute approximate surface area is 121 Å². The van der Waals surface area contributed by atoms with E-state index >= 15 is 0 Å². The number of aromatic nitrogens is 1. The number of amides is 1. The minimum Gasteiger partial charge on any atom is -0.384 e. The SMILES string of the molecule is CCNc1ccc(C(=O)NC2CCC(C)(C)CC2)nc1. The standard InChI is InChI=1S/C16H25N3O/c1-4-17-13-5-6-14(18-11-13)15(20)19-12-7-9-16(2,3)10-8-12/h5-6,11-12,17H,4,7-10H2,1-3H3,(H,19,20). The van der Waals surface area contributed by atoms with Crippen LogP contribution < -0.4 is 10.6 Å². The summed E-state index contributed by atoms with van der Waals surface area (Å²) in [4.78, 5) is 16.4. The van der Waals surface area contributed by atoms with Crippen molar-refractivity contribution in [3.8, 4) is 0 Å². The summed E-state index contributed by atoms with van der Waals surface area (Å²) in [6.07, 6.45) is 6.18. The van der Waals surface area contributed by atoms with Crippen LogP contribution in [-0.4, -0.2) is 23.5 Å². The van der Waals surface area contributed by atoms with E-state index in [1.54, 1.807) is 12.3 Å². The van der Waals surface area contributed by atoms with Gasteiger partial charge >= 0.3 is 0 Å². The summed E-state index contributed by atoms with van der Waals surface area (Å²) in [6.45, 7) is 7.48. The van der Waals surface area contributed by atoms with Crippen molar-refractivity contribution in [1.29, 1.82) is 0 Å². The predicted molar refractivity (Wildman–Crippen MR) is 81.9 cm³/mol. The molecule has 1 heterocycles. The molecule has 0 spiro atoms. The van der Waals surface area contributed by atoms with Crippen molar-refractivity contribution in [3.05, 3.63) is 24.0 Å². The molecule has 20 heavy (non-hydrogen) atoms. The zero-order valence-corrected chi connectivity index (χ0v) is 12.7. The molecule has 0 unspecified atom stereocenters. The molecule has 2 rings (SSSR count). The third-order valence-electron chi connectivity index (χ3n) is 4.05. The highest BCUT2D eigenvalue weighted by Crippen LogP contribution is 2.35. The lowest BCUT2D eigenvalue weighted by atomic mass is 9.75. The van der Waals surface area contributed by atoms with Crippen LogP contribution >= 0.6 is 0 Å². The van der Waals surface area contributed by atoms with Crippen LogP contribution in [0.2, 0.25) is 0 Å². The van der Waals surface area contributed by atoms with Crippen molar-refractivity contribution in [2.75, 3.05) is 11.9 Å². The summed E-state index contributed by atoms with van der Waals surface area (Å²) >= 11 is 0. The molecule has 1 saturated carbocycles. The largest absolute Gasteiger partial charge is 0.384 e. The number of anilines is 1. The van der Waals surface area contributed by atoms with Crippen LogP contribution in [-0.2, 0) is 0 Å². The molecule has 1 aliphatic carbocycles. The normalized spacial score (nSPS) is 18.6. The van der Waals surface area contributed by atoms with Gasteiger partial charge in [0.25, 0.3) is 5.91 Å². The van der Waals surface area contributed by atoms with E-state index in [0.717, 1.165) is 25.1 Å². The van der Waals surface area contributed by atoms with Gasteiger partial charge in [-0.3, -0.25) is 4.79 Å². The Hall–Kier alpha value is -1.58. The Bertz CT molecular complexity index is 443. The van der Waals surface area contributed by atoms with Gasteiger partial charge in [-0.1, -0.05) is 13.8 Å². The summed E-state index contributed by atoms with van der Waals surface area (Å²) in [5.41, 5.74) is 1.87. The zero-order chi connectivity index (χ0) is 14.6. The fraction of sp³-hybridized carbons (Fsp3) is 0.625. The molecule has 4 heteroatoms. The smallest absolute Gasteiger partial charge is 0.270 e. The summed E-state index contributed by atoms with van der Waals surface area (Å²) in [5.74, 6) is -0.0576. The number of rotatable bonds is 4. The molecule has 1 aromatic heterocycles. The molecule has 0 saturated heterocycles. The maximum absolute atomic E-state index is 12.1. The van der Waals surface area contributed by atoms with Gasteiger partial charge in [-0.15, -0.1) is 0 Å². The van der Waals surface area contributed by atoms with E-state index in [1.807, 2.05) is 13.0 Å². The predicted octanol–water partition coefficient (Wildman–Crippen LogP) is 3.21. The second-order valence-electron chi connectivity index (χ2n) is 6.37. The van der Waals surface area contributed by atoms with Crippen LogP contribution in [0, 0.1) is 5.41 Å². The van der Waals surface area contributed by atoms with Crippen molar-refractivity contribution in [1.82, 2.24) is 10.3 Å². The van der Waals surface area contributed by atoms with E-state index in [4.69, 9.17) is 0 Å². The van der Waals surface area contributed by atoms with Crippen molar-refractivity contribution >= 4 is 11.6 Å². The van der Waals surface area contributed by atoms with Gasteiger partial charge in [0.2, 0.25) is 0 Å². The molecule has 1 aromatic rings. The van der Waals surface area contributed by atoms with E-state index in [-0.39, 0.29) is 5.91 Å². The van der Waals surface area contributed by atoms with Gasteiger partial charge in [-0.2, -0.15) is 0 Å². The topological polar surface area (TPSA) is 54.0 Å². The fourth-order valence-corrected chi connectivity index (χ4v) is 2.64. The average Bonchev–Trinajstić information content (AvgIpc) is 2.42. The van der Waals surface area contributed by atoms with Gasteiger partial charge in [0.05, 0.1) is 11.9 Å².